The van der Waals surface area contributed by atoms with Crippen LogP contribution in [0.4, 0.5) is 0 Å². The number of Topliss-reactive ketones (excluding diaryl/α,β-unsaturated/α-hetero) is 1. The van der Waals surface area contributed by atoms with Crippen LogP contribution in [0.3, 0.4) is 0 Å². The van der Waals surface area contributed by atoms with Gasteiger partial charge < -0.3 is 4.74 Å². The van der Waals surface area contributed by atoms with Crippen molar-refractivity contribution in [2.24, 2.45) is 40.4 Å². The molecule has 0 aliphatic heterocycles. The third-order valence-electron chi connectivity index (χ3n) is 9.45. The normalized spacial score (nSPS) is 44.2. The Bertz CT molecular complexity index is 596. The molecule has 3 heteroatoms. The molecule has 0 aromatic carbocycles. The van der Waals surface area contributed by atoms with Gasteiger partial charge in [0.15, 0.2) is 0 Å². The Labute approximate surface area is 172 Å². The summed E-state index contributed by atoms with van der Waals surface area (Å²) in [5.41, 5.74) is 0.762. The Morgan fingerprint density at radius 2 is 1.79 bits per heavy atom. The maximum Gasteiger partial charge on any atom is 0.286 e. The fourth-order valence-corrected chi connectivity index (χ4v) is 7.99. The molecule has 7 atom stereocenters. The van der Waals surface area contributed by atoms with Crippen LogP contribution in [0.2, 0.25) is 0 Å². The number of fused-ring (bicyclic) bond motifs is 5. The summed E-state index contributed by atoms with van der Waals surface area (Å²) in [6, 6.07) is 0. The molecule has 0 radical (unpaired) electrons. The molecule has 0 spiro atoms. The summed E-state index contributed by atoms with van der Waals surface area (Å²) >= 11 is 0. The first-order valence-electron chi connectivity index (χ1n) is 12.0. The number of hydrogen-bond acceptors (Lipinski definition) is 3. The topological polar surface area (TPSA) is 50.1 Å². The lowest BCUT2D eigenvalue weighted by Gasteiger charge is -2.59. The Hall–Kier alpha value is -1.04. The van der Waals surface area contributed by atoms with E-state index in [0.717, 1.165) is 19.3 Å². The number of hydrogen-bond donors (Lipinski definition) is 0. The Balaban J connectivity index is 0.00000109. The van der Waals surface area contributed by atoms with Crippen LogP contribution in [-0.2, 0) is 9.53 Å². The SMILES string of the molecule is CC.CC12CCC3C(C(=O)CC4CCCCC43C)C1CCC2CCCOC#N. The van der Waals surface area contributed by atoms with E-state index in [1.807, 2.05) is 13.8 Å². The Morgan fingerprint density at radius 3 is 2.54 bits per heavy atom. The third kappa shape index (κ3) is 3.50. The molecule has 7 unspecified atom stereocenters. The number of nitriles is 1. The van der Waals surface area contributed by atoms with Crippen LogP contribution in [0.25, 0.3) is 0 Å². The summed E-state index contributed by atoms with van der Waals surface area (Å²) in [6.45, 7) is 9.58. The van der Waals surface area contributed by atoms with Crippen molar-refractivity contribution in [1.82, 2.24) is 0 Å². The fraction of sp³-hybridized carbons (Fsp3) is 0.920. The highest BCUT2D eigenvalue weighted by Gasteiger charge is 2.61. The van der Waals surface area contributed by atoms with Crippen molar-refractivity contribution in [2.45, 2.75) is 98.3 Å². The van der Waals surface area contributed by atoms with E-state index < -0.39 is 0 Å². The van der Waals surface area contributed by atoms with E-state index in [-0.39, 0.29) is 0 Å². The standard InChI is InChI=1S/C23H35NO2.C2H6/c1-22-11-4-3-6-17(22)14-20(25)21-18-9-8-16(7-5-13-26-15-24)23(18,2)12-10-19(21)22;1-2/h16-19,21H,3-14H2,1-2H3;1-2H3. The highest BCUT2D eigenvalue weighted by atomic mass is 16.5. The highest BCUT2D eigenvalue weighted by molar-refractivity contribution is 5.83. The molecule has 0 heterocycles. The molecule has 0 aromatic heterocycles. The van der Waals surface area contributed by atoms with E-state index in [9.17, 15) is 4.79 Å². The van der Waals surface area contributed by atoms with Crippen molar-refractivity contribution in [3.63, 3.8) is 0 Å². The van der Waals surface area contributed by atoms with Gasteiger partial charge in [0.1, 0.15) is 12.4 Å². The van der Waals surface area contributed by atoms with E-state index in [4.69, 9.17) is 10.00 Å². The average Bonchev–Trinajstić information content (AvgIpc) is 3.04. The molecular formula is C25H41NO2. The second-order valence-electron chi connectivity index (χ2n) is 10.3. The van der Waals surface area contributed by atoms with Crippen LogP contribution in [0.5, 0.6) is 0 Å². The van der Waals surface area contributed by atoms with E-state index in [2.05, 4.69) is 13.8 Å². The lowest BCUT2D eigenvalue weighted by Crippen LogP contribution is -2.56. The molecule has 0 bridgehead atoms. The second-order valence-corrected chi connectivity index (χ2v) is 10.3. The molecule has 28 heavy (non-hydrogen) atoms. The van der Waals surface area contributed by atoms with Gasteiger partial charge in [0, 0.05) is 12.3 Å². The number of ketones is 1. The van der Waals surface area contributed by atoms with Crippen molar-refractivity contribution in [1.29, 1.82) is 5.26 Å². The number of rotatable bonds is 4. The minimum atomic E-state index is 0.335. The maximum atomic E-state index is 13.3. The van der Waals surface area contributed by atoms with Crippen LogP contribution in [0, 0.1) is 51.9 Å². The zero-order chi connectivity index (χ0) is 20.4. The second kappa shape index (κ2) is 8.76. The van der Waals surface area contributed by atoms with Gasteiger partial charge in [0.05, 0.1) is 0 Å². The van der Waals surface area contributed by atoms with Gasteiger partial charge in [0.25, 0.3) is 6.26 Å². The summed E-state index contributed by atoms with van der Waals surface area (Å²) in [7, 11) is 0. The number of ether oxygens (including phenoxy) is 1. The smallest absolute Gasteiger partial charge is 0.286 e. The molecule has 0 amide bonds. The quantitative estimate of drug-likeness (QED) is 0.407. The monoisotopic (exact) mass is 387 g/mol. The van der Waals surface area contributed by atoms with Crippen molar-refractivity contribution in [3.8, 4) is 6.26 Å². The summed E-state index contributed by atoms with van der Waals surface area (Å²) in [6.07, 6.45) is 15.2. The highest BCUT2D eigenvalue weighted by Crippen LogP contribution is 2.67. The average molecular weight is 388 g/mol. The molecule has 4 saturated carbocycles. The van der Waals surface area contributed by atoms with Gasteiger partial charge in [-0.2, -0.15) is 5.26 Å². The van der Waals surface area contributed by atoms with Crippen LogP contribution >= 0.6 is 0 Å². The molecule has 3 nitrogen and oxygen atoms in total. The first-order valence-corrected chi connectivity index (χ1v) is 12.0. The molecule has 0 aromatic rings. The first kappa shape index (κ1) is 21.7. The molecule has 4 fully saturated rings. The Kier molecular flexibility index (Phi) is 6.78. The lowest BCUT2D eigenvalue weighted by molar-refractivity contribution is -0.155. The van der Waals surface area contributed by atoms with E-state index in [0.29, 0.717) is 52.8 Å². The van der Waals surface area contributed by atoms with Crippen molar-refractivity contribution in [2.75, 3.05) is 6.61 Å². The van der Waals surface area contributed by atoms with Crippen LogP contribution in [0.15, 0.2) is 0 Å². The largest absolute Gasteiger partial charge is 0.428 e. The molecule has 158 valence electrons. The van der Waals surface area contributed by atoms with E-state index >= 15 is 0 Å². The van der Waals surface area contributed by atoms with Crippen LogP contribution in [-0.4, -0.2) is 12.4 Å². The lowest BCUT2D eigenvalue weighted by atomic mass is 9.44. The van der Waals surface area contributed by atoms with Gasteiger partial charge in [-0.15, -0.1) is 0 Å². The summed E-state index contributed by atoms with van der Waals surface area (Å²) < 4.78 is 4.89. The minimum absolute atomic E-state index is 0.335. The van der Waals surface area contributed by atoms with Crippen LogP contribution < -0.4 is 0 Å². The van der Waals surface area contributed by atoms with Crippen molar-refractivity contribution in [3.05, 3.63) is 0 Å². The molecule has 0 N–H and O–H groups in total. The zero-order valence-electron chi connectivity index (χ0n) is 18.6. The molecule has 4 aliphatic carbocycles. The predicted octanol–water partition coefficient (Wildman–Crippen LogP) is 6.52. The number of carbonyl (C=O) groups is 1. The maximum absolute atomic E-state index is 13.3. The third-order valence-corrected chi connectivity index (χ3v) is 9.45. The van der Waals surface area contributed by atoms with Gasteiger partial charge in [0.2, 0.25) is 0 Å². The van der Waals surface area contributed by atoms with Gasteiger partial charge in [-0.3, -0.25) is 4.79 Å². The summed E-state index contributed by atoms with van der Waals surface area (Å²) in [5.74, 6) is 3.58. The minimum Gasteiger partial charge on any atom is -0.428 e. The van der Waals surface area contributed by atoms with Gasteiger partial charge in [-0.1, -0.05) is 40.5 Å². The van der Waals surface area contributed by atoms with Gasteiger partial charge >= 0.3 is 0 Å². The van der Waals surface area contributed by atoms with E-state index in [1.165, 1.54) is 51.4 Å². The fourth-order valence-electron chi connectivity index (χ4n) is 7.99. The predicted molar refractivity (Wildman–Crippen MR) is 112 cm³/mol. The molecular weight excluding hydrogens is 346 g/mol. The molecule has 0 saturated heterocycles. The van der Waals surface area contributed by atoms with Gasteiger partial charge in [-0.25, -0.2) is 0 Å². The summed E-state index contributed by atoms with van der Waals surface area (Å²) in [4.78, 5) is 13.3. The van der Waals surface area contributed by atoms with Crippen LogP contribution in [0.1, 0.15) is 98.3 Å². The summed E-state index contributed by atoms with van der Waals surface area (Å²) in [5, 5.41) is 8.56. The number of nitrogens with zero attached hydrogens (tertiary/aromatic N) is 1. The van der Waals surface area contributed by atoms with E-state index in [1.54, 1.807) is 6.26 Å². The Morgan fingerprint density at radius 1 is 1.04 bits per heavy atom. The van der Waals surface area contributed by atoms with Crippen molar-refractivity contribution < 1.29 is 9.53 Å². The molecule has 4 rings (SSSR count). The van der Waals surface area contributed by atoms with Crippen molar-refractivity contribution >= 4 is 5.78 Å². The number of carbonyl (C=O) groups excluding carboxylic acids is 1. The molecule has 4 aliphatic rings. The zero-order valence-corrected chi connectivity index (χ0v) is 18.6. The van der Waals surface area contributed by atoms with Gasteiger partial charge in [-0.05, 0) is 85.9 Å². The first-order chi connectivity index (χ1) is 13.5.